The zero-order valence-corrected chi connectivity index (χ0v) is 16.8. The predicted octanol–water partition coefficient (Wildman–Crippen LogP) is 5.47. The summed E-state index contributed by atoms with van der Waals surface area (Å²) >= 11 is 23.7. The quantitative estimate of drug-likeness (QED) is 0.656. The second-order valence-electron chi connectivity index (χ2n) is 5.99. The third-order valence-corrected chi connectivity index (χ3v) is 5.22. The Labute approximate surface area is 168 Å². The first-order valence-electron chi connectivity index (χ1n) is 7.95. The van der Waals surface area contributed by atoms with Crippen molar-refractivity contribution in [2.45, 2.75) is 6.92 Å². The van der Waals surface area contributed by atoms with E-state index in [0.29, 0.717) is 15.2 Å². The zero-order valence-electron chi connectivity index (χ0n) is 13.7. The fourth-order valence-electron chi connectivity index (χ4n) is 2.90. The highest BCUT2D eigenvalue weighted by Crippen LogP contribution is 2.26. The monoisotopic (exact) mass is 413 g/mol. The molecule has 0 atom stereocenters. The summed E-state index contributed by atoms with van der Waals surface area (Å²) in [6.07, 6.45) is 0. The number of nitrogens with one attached hydrogen (secondary N) is 1. The van der Waals surface area contributed by atoms with E-state index in [4.69, 9.17) is 47.0 Å². The van der Waals surface area contributed by atoms with Gasteiger partial charge in [-0.25, -0.2) is 0 Å². The number of piperazine rings is 1. The molecule has 2 aromatic rings. The van der Waals surface area contributed by atoms with Gasteiger partial charge in [-0.1, -0.05) is 40.9 Å². The van der Waals surface area contributed by atoms with Gasteiger partial charge in [0.15, 0.2) is 5.11 Å². The Kier molecular flexibility index (Phi) is 5.95. The molecule has 1 N–H and O–H groups in total. The molecule has 0 amide bonds. The van der Waals surface area contributed by atoms with Gasteiger partial charge in [0, 0.05) is 52.6 Å². The number of anilines is 2. The summed E-state index contributed by atoms with van der Waals surface area (Å²) < 4.78 is 0. The van der Waals surface area contributed by atoms with Crippen molar-refractivity contribution in [1.82, 2.24) is 4.90 Å². The Morgan fingerprint density at radius 3 is 2.20 bits per heavy atom. The van der Waals surface area contributed by atoms with Crippen LogP contribution in [0.5, 0.6) is 0 Å². The molecule has 3 nitrogen and oxygen atoms in total. The van der Waals surface area contributed by atoms with Gasteiger partial charge in [0.05, 0.1) is 0 Å². The fourth-order valence-corrected chi connectivity index (χ4v) is 3.90. The molecule has 0 spiro atoms. The smallest absolute Gasteiger partial charge is 0.173 e. The number of benzene rings is 2. The van der Waals surface area contributed by atoms with Crippen LogP contribution in [0.3, 0.4) is 0 Å². The minimum absolute atomic E-state index is 0.582. The van der Waals surface area contributed by atoms with Gasteiger partial charge in [-0.05, 0) is 55.0 Å². The Hall–Kier alpha value is -1.20. The van der Waals surface area contributed by atoms with Crippen LogP contribution in [0.1, 0.15) is 5.56 Å². The highest BCUT2D eigenvalue weighted by Gasteiger charge is 2.20. The lowest BCUT2D eigenvalue weighted by Crippen LogP contribution is -2.50. The number of rotatable bonds is 2. The normalized spacial score (nSPS) is 14.6. The van der Waals surface area contributed by atoms with E-state index in [0.717, 1.165) is 36.9 Å². The van der Waals surface area contributed by atoms with Crippen LogP contribution in [0, 0.1) is 6.92 Å². The maximum Gasteiger partial charge on any atom is 0.173 e. The van der Waals surface area contributed by atoms with Crippen LogP contribution in [-0.4, -0.2) is 36.2 Å². The summed E-state index contributed by atoms with van der Waals surface area (Å²) in [4.78, 5) is 4.50. The van der Waals surface area contributed by atoms with Crippen LogP contribution >= 0.6 is 47.0 Å². The first-order chi connectivity index (χ1) is 11.9. The van der Waals surface area contributed by atoms with E-state index in [9.17, 15) is 0 Å². The first kappa shape index (κ1) is 18.6. The molecule has 0 aliphatic carbocycles. The highest BCUT2D eigenvalue weighted by atomic mass is 35.5. The summed E-state index contributed by atoms with van der Waals surface area (Å²) in [5.41, 5.74) is 3.22. The molecule has 1 fully saturated rings. The average molecular weight is 415 g/mol. The maximum atomic E-state index is 6.14. The van der Waals surface area contributed by atoms with E-state index in [1.807, 2.05) is 24.3 Å². The molecule has 132 valence electrons. The molecule has 3 rings (SSSR count). The topological polar surface area (TPSA) is 18.5 Å². The van der Waals surface area contributed by atoms with Gasteiger partial charge in [0.2, 0.25) is 0 Å². The Morgan fingerprint density at radius 1 is 0.920 bits per heavy atom. The molecule has 1 aliphatic rings. The van der Waals surface area contributed by atoms with Crippen molar-refractivity contribution in [2.24, 2.45) is 0 Å². The van der Waals surface area contributed by atoms with Crippen molar-refractivity contribution in [3.8, 4) is 0 Å². The molecule has 0 unspecified atom stereocenters. The summed E-state index contributed by atoms with van der Waals surface area (Å²) in [6, 6.07) is 11.3. The molecule has 7 heteroatoms. The third-order valence-electron chi connectivity index (χ3n) is 4.19. The number of nitrogens with zero attached hydrogens (tertiary/aromatic N) is 2. The third kappa shape index (κ3) is 4.70. The molecule has 1 aliphatic heterocycles. The van der Waals surface area contributed by atoms with Gasteiger partial charge in [-0.3, -0.25) is 0 Å². The van der Waals surface area contributed by atoms with E-state index >= 15 is 0 Å². The lowest BCUT2D eigenvalue weighted by molar-refractivity contribution is 0.390. The van der Waals surface area contributed by atoms with Gasteiger partial charge in [-0.2, -0.15) is 0 Å². The minimum atomic E-state index is 0.582. The van der Waals surface area contributed by atoms with Crippen LogP contribution in [0.15, 0.2) is 36.4 Å². The Morgan fingerprint density at radius 2 is 1.56 bits per heavy atom. The summed E-state index contributed by atoms with van der Waals surface area (Å²) in [6.45, 7) is 5.56. The Bertz CT molecular complexity index is 769. The Balaban J connectivity index is 1.61. The lowest BCUT2D eigenvalue weighted by atomic mass is 10.1. The molecule has 1 heterocycles. The van der Waals surface area contributed by atoms with Crippen molar-refractivity contribution < 1.29 is 0 Å². The number of halogens is 3. The molecular weight excluding hydrogens is 397 g/mol. The maximum absolute atomic E-state index is 6.14. The number of thiocarbonyl (C=S) groups is 1. The van der Waals surface area contributed by atoms with Crippen molar-refractivity contribution in [2.75, 3.05) is 36.4 Å². The molecule has 1 saturated heterocycles. The standard InChI is InChI=1S/C18H18Cl3N3S/c1-12-2-3-13(19)11-17(12)23-4-6-24(7-5-23)18(25)22-16-9-14(20)8-15(21)10-16/h2-3,8-11H,4-7H2,1H3,(H,22,25). The van der Waals surface area contributed by atoms with Crippen molar-refractivity contribution >= 4 is 63.5 Å². The number of hydrogen-bond acceptors (Lipinski definition) is 2. The summed E-state index contributed by atoms with van der Waals surface area (Å²) in [5, 5.41) is 5.83. The van der Waals surface area contributed by atoms with E-state index in [2.05, 4.69) is 28.1 Å². The minimum Gasteiger partial charge on any atom is -0.368 e. The van der Waals surface area contributed by atoms with Crippen LogP contribution in [0.25, 0.3) is 0 Å². The molecule has 0 bridgehead atoms. The van der Waals surface area contributed by atoms with Crippen LogP contribution < -0.4 is 10.2 Å². The first-order valence-corrected chi connectivity index (χ1v) is 9.50. The van der Waals surface area contributed by atoms with Gasteiger partial charge in [0.25, 0.3) is 0 Å². The molecular formula is C18H18Cl3N3S. The highest BCUT2D eigenvalue weighted by molar-refractivity contribution is 7.80. The lowest BCUT2D eigenvalue weighted by Gasteiger charge is -2.38. The predicted molar refractivity (Wildman–Crippen MR) is 113 cm³/mol. The van der Waals surface area contributed by atoms with Gasteiger partial charge in [0.1, 0.15) is 0 Å². The van der Waals surface area contributed by atoms with Gasteiger partial charge >= 0.3 is 0 Å². The average Bonchev–Trinajstić information content (AvgIpc) is 2.56. The molecule has 0 aromatic heterocycles. The van der Waals surface area contributed by atoms with E-state index < -0.39 is 0 Å². The van der Waals surface area contributed by atoms with Crippen molar-refractivity contribution in [1.29, 1.82) is 0 Å². The van der Waals surface area contributed by atoms with Crippen molar-refractivity contribution in [3.05, 3.63) is 57.0 Å². The van der Waals surface area contributed by atoms with Gasteiger partial charge in [-0.15, -0.1) is 0 Å². The summed E-state index contributed by atoms with van der Waals surface area (Å²) in [7, 11) is 0. The van der Waals surface area contributed by atoms with E-state index in [1.54, 1.807) is 6.07 Å². The van der Waals surface area contributed by atoms with E-state index in [1.165, 1.54) is 11.3 Å². The van der Waals surface area contributed by atoms with Crippen LogP contribution in [-0.2, 0) is 0 Å². The second-order valence-corrected chi connectivity index (χ2v) is 7.69. The molecule has 0 saturated carbocycles. The number of hydrogen-bond donors (Lipinski definition) is 1. The van der Waals surface area contributed by atoms with E-state index in [-0.39, 0.29) is 0 Å². The van der Waals surface area contributed by atoms with Crippen LogP contribution in [0.2, 0.25) is 15.1 Å². The SMILES string of the molecule is Cc1ccc(Cl)cc1N1CCN(C(=S)Nc2cc(Cl)cc(Cl)c2)CC1. The second kappa shape index (κ2) is 8.00. The fraction of sp³-hybridized carbons (Fsp3) is 0.278. The largest absolute Gasteiger partial charge is 0.368 e. The summed E-state index contributed by atoms with van der Waals surface area (Å²) in [5.74, 6) is 0. The molecule has 2 aromatic carbocycles. The molecule has 0 radical (unpaired) electrons. The van der Waals surface area contributed by atoms with Crippen molar-refractivity contribution in [3.63, 3.8) is 0 Å². The number of aryl methyl sites for hydroxylation is 1. The van der Waals surface area contributed by atoms with Crippen LogP contribution in [0.4, 0.5) is 11.4 Å². The zero-order chi connectivity index (χ0) is 18.0. The molecule has 25 heavy (non-hydrogen) atoms. The van der Waals surface area contributed by atoms with Gasteiger partial charge < -0.3 is 15.1 Å².